The number of hydrogen-bond donors (Lipinski definition) is 3. The molecule has 0 aliphatic heterocycles. The van der Waals surface area contributed by atoms with Gasteiger partial charge in [-0.3, -0.25) is 14.9 Å². The summed E-state index contributed by atoms with van der Waals surface area (Å²) < 4.78 is 5.26. The van der Waals surface area contributed by atoms with Gasteiger partial charge in [0, 0.05) is 18.3 Å². The molecular formula is C16H19N3O3. The van der Waals surface area contributed by atoms with Crippen LogP contribution in [0.15, 0.2) is 47.1 Å². The summed E-state index contributed by atoms with van der Waals surface area (Å²) in [7, 11) is 1.57. The quantitative estimate of drug-likeness (QED) is 0.761. The van der Waals surface area contributed by atoms with E-state index in [0.29, 0.717) is 11.3 Å². The van der Waals surface area contributed by atoms with Crippen LogP contribution in [-0.4, -0.2) is 25.4 Å². The first-order chi connectivity index (χ1) is 10.6. The Bertz CT molecular complexity index is 621. The van der Waals surface area contributed by atoms with Crippen LogP contribution in [0.3, 0.4) is 0 Å². The Labute approximate surface area is 128 Å². The maximum absolute atomic E-state index is 11.9. The smallest absolute Gasteiger partial charge is 0.251 e. The van der Waals surface area contributed by atoms with E-state index in [9.17, 15) is 9.59 Å². The van der Waals surface area contributed by atoms with Gasteiger partial charge in [0.05, 0.1) is 18.8 Å². The summed E-state index contributed by atoms with van der Waals surface area (Å²) in [5.74, 6) is 0.459. The molecular weight excluding hydrogens is 282 g/mol. The first-order valence-electron chi connectivity index (χ1n) is 6.99. The third-order valence-corrected chi connectivity index (χ3v) is 3.20. The summed E-state index contributed by atoms with van der Waals surface area (Å²) >= 11 is 0. The predicted octanol–water partition coefficient (Wildman–Crippen LogP) is 1.93. The molecule has 1 aromatic carbocycles. The van der Waals surface area contributed by atoms with Crippen LogP contribution in [-0.2, 0) is 4.79 Å². The molecule has 2 amide bonds. The molecule has 0 aliphatic rings. The van der Waals surface area contributed by atoms with Gasteiger partial charge in [0.25, 0.3) is 5.91 Å². The highest BCUT2D eigenvalue weighted by Crippen LogP contribution is 2.12. The standard InChI is InChI=1S/C16H19N3O3/c1-11(14-4-3-9-22-14)18-10-15(20)19-13-7-5-12(6-8-13)16(21)17-2/h3-9,11,18H,10H2,1-2H3,(H,17,21)(H,19,20)/t11-/m1/s1. The Morgan fingerprint density at radius 1 is 1.18 bits per heavy atom. The van der Waals surface area contributed by atoms with Gasteiger partial charge < -0.3 is 15.1 Å². The highest BCUT2D eigenvalue weighted by atomic mass is 16.3. The van der Waals surface area contributed by atoms with Crippen molar-refractivity contribution < 1.29 is 14.0 Å². The molecule has 22 heavy (non-hydrogen) atoms. The minimum atomic E-state index is -0.161. The van der Waals surface area contributed by atoms with Gasteiger partial charge in [0.2, 0.25) is 5.91 Å². The molecule has 0 saturated heterocycles. The molecule has 1 aromatic heterocycles. The van der Waals surface area contributed by atoms with Crippen molar-refractivity contribution in [2.75, 3.05) is 18.9 Å². The second-order valence-corrected chi connectivity index (χ2v) is 4.82. The Morgan fingerprint density at radius 3 is 2.50 bits per heavy atom. The third kappa shape index (κ3) is 4.20. The molecule has 3 N–H and O–H groups in total. The number of benzene rings is 1. The van der Waals surface area contributed by atoms with E-state index in [1.807, 2.05) is 19.1 Å². The van der Waals surface area contributed by atoms with Gasteiger partial charge in [-0.15, -0.1) is 0 Å². The Hall–Kier alpha value is -2.60. The number of rotatable bonds is 6. The summed E-state index contributed by atoms with van der Waals surface area (Å²) in [6.07, 6.45) is 1.60. The lowest BCUT2D eigenvalue weighted by molar-refractivity contribution is -0.115. The lowest BCUT2D eigenvalue weighted by atomic mass is 10.2. The molecule has 1 heterocycles. The number of carbonyl (C=O) groups is 2. The normalized spacial score (nSPS) is 11.7. The van der Waals surface area contributed by atoms with E-state index in [-0.39, 0.29) is 24.4 Å². The molecule has 0 saturated carbocycles. The van der Waals surface area contributed by atoms with E-state index >= 15 is 0 Å². The average molecular weight is 301 g/mol. The fourth-order valence-corrected chi connectivity index (χ4v) is 1.94. The summed E-state index contributed by atoms with van der Waals surface area (Å²) in [6, 6.07) is 10.3. The molecule has 2 aromatic rings. The zero-order valence-electron chi connectivity index (χ0n) is 12.6. The molecule has 0 radical (unpaired) electrons. The van der Waals surface area contributed by atoms with Gasteiger partial charge in [0.1, 0.15) is 5.76 Å². The van der Waals surface area contributed by atoms with Crippen LogP contribution >= 0.6 is 0 Å². The van der Waals surface area contributed by atoms with Gasteiger partial charge in [-0.05, 0) is 43.3 Å². The predicted molar refractivity (Wildman–Crippen MR) is 83.6 cm³/mol. The van der Waals surface area contributed by atoms with Crippen molar-refractivity contribution in [3.05, 3.63) is 54.0 Å². The minimum absolute atomic E-state index is 0.0450. The van der Waals surface area contributed by atoms with E-state index in [1.165, 1.54) is 0 Å². The summed E-state index contributed by atoms with van der Waals surface area (Å²) in [4.78, 5) is 23.3. The molecule has 0 spiro atoms. The van der Waals surface area contributed by atoms with Crippen LogP contribution in [0.2, 0.25) is 0 Å². The maximum Gasteiger partial charge on any atom is 0.251 e. The van der Waals surface area contributed by atoms with Crippen molar-refractivity contribution >= 4 is 17.5 Å². The molecule has 116 valence electrons. The monoisotopic (exact) mass is 301 g/mol. The van der Waals surface area contributed by atoms with Crippen molar-refractivity contribution in [3.8, 4) is 0 Å². The van der Waals surface area contributed by atoms with Crippen LogP contribution in [0.5, 0.6) is 0 Å². The van der Waals surface area contributed by atoms with Gasteiger partial charge in [-0.2, -0.15) is 0 Å². The molecule has 0 unspecified atom stereocenters. The van der Waals surface area contributed by atoms with Gasteiger partial charge in [-0.1, -0.05) is 0 Å². The molecule has 0 bridgehead atoms. The molecule has 6 nitrogen and oxygen atoms in total. The van der Waals surface area contributed by atoms with Crippen molar-refractivity contribution in [1.29, 1.82) is 0 Å². The van der Waals surface area contributed by atoms with Crippen LogP contribution in [0.4, 0.5) is 5.69 Å². The zero-order chi connectivity index (χ0) is 15.9. The van der Waals surface area contributed by atoms with Crippen LogP contribution in [0, 0.1) is 0 Å². The van der Waals surface area contributed by atoms with Crippen LogP contribution < -0.4 is 16.0 Å². The number of carbonyl (C=O) groups excluding carboxylic acids is 2. The minimum Gasteiger partial charge on any atom is -0.468 e. The van der Waals surface area contributed by atoms with Crippen molar-refractivity contribution in [2.45, 2.75) is 13.0 Å². The number of furan rings is 1. The second-order valence-electron chi connectivity index (χ2n) is 4.82. The SMILES string of the molecule is CNC(=O)c1ccc(NC(=O)CN[C@H](C)c2ccco2)cc1. The van der Waals surface area contributed by atoms with Crippen molar-refractivity contribution in [2.24, 2.45) is 0 Å². The van der Waals surface area contributed by atoms with E-state index in [1.54, 1.807) is 37.6 Å². The van der Waals surface area contributed by atoms with E-state index in [2.05, 4.69) is 16.0 Å². The Balaban J connectivity index is 1.83. The van der Waals surface area contributed by atoms with Crippen molar-refractivity contribution in [1.82, 2.24) is 10.6 Å². The Kier molecular flexibility index (Phi) is 5.32. The second kappa shape index (κ2) is 7.42. The van der Waals surface area contributed by atoms with E-state index in [0.717, 1.165) is 5.76 Å². The number of anilines is 1. The molecule has 6 heteroatoms. The average Bonchev–Trinajstić information content (AvgIpc) is 3.07. The van der Waals surface area contributed by atoms with Crippen LogP contribution in [0.25, 0.3) is 0 Å². The van der Waals surface area contributed by atoms with Gasteiger partial charge in [-0.25, -0.2) is 0 Å². The zero-order valence-corrected chi connectivity index (χ0v) is 12.6. The molecule has 2 rings (SSSR count). The molecule has 1 atom stereocenters. The summed E-state index contributed by atoms with van der Waals surface area (Å²) in [6.45, 7) is 2.09. The number of amides is 2. The maximum atomic E-state index is 11.9. The fourth-order valence-electron chi connectivity index (χ4n) is 1.94. The first-order valence-corrected chi connectivity index (χ1v) is 6.99. The molecule has 0 aliphatic carbocycles. The van der Waals surface area contributed by atoms with Crippen molar-refractivity contribution in [3.63, 3.8) is 0 Å². The topological polar surface area (TPSA) is 83.4 Å². The highest BCUT2D eigenvalue weighted by molar-refractivity contribution is 5.96. The lowest BCUT2D eigenvalue weighted by Gasteiger charge is -2.11. The van der Waals surface area contributed by atoms with E-state index < -0.39 is 0 Å². The molecule has 0 fully saturated rings. The number of hydrogen-bond acceptors (Lipinski definition) is 4. The summed E-state index contributed by atoms with van der Waals surface area (Å²) in [5.41, 5.74) is 1.19. The fraction of sp³-hybridized carbons (Fsp3) is 0.250. The van der Waals surface area contributed by atoms with E-state index in [4.69, 9.17) is 4.42 Å². The van der Waals surface area contributed by atoms with Gasteiger partial charge >= 0.3 is 0 Å². The largest absolute Gasteiger partial charge is 0.468 e. The highest BCUT2D eigenvalue weighted by Gasteiger charge is 2.10. The summed E-state index contributed by atoms with van der Waals surface area (Å²) in [5, 5.41) is 8.38. The van der Waals surface area contributed by atoms with Gasteiger partial charge in [0.15, 0.2) is 0 Å². The van der Waals surface area contributed by atoms with Crippen LogP contribution in [0.1, 0.15) is 29.1 Å². The first kappa shape index (κ1) is 15.8. The lowest BCUT2D eigenvalue weighted by Crippen LogP contribution is -2.30. The Morgan fingerprint density at radius 2 is 1.91 bits per heavy atom. The third-order valence-electron chi connectivity index (χ3n) is 3.20. The number of nitrogens with one attached hydrogen (secondary N) is 3.